The number of hydrogen-bond donors (Lipinski definition) is 1. The van der Waals surface area contributed by atoms with Crippen LogP contribution in [0.5, 0.6) is 11.5 Å². The van der Waals surface area contributed by atoms with Crippen molar-refractivity contribution in [1.29, 1.82) is 0 Å². The van der Waals surface area contributed by atoms with Gasteiger partial charge in [-0.25, -0.2) is 4.98 Å². The maximum absolute atomic E-state index is 13.2. The molecule has 1 aliphatic rings. The van der Waals surface area contributed by atoms with Gasteiger partial charge in [-0.3, -0.25) is 14.6 Å². The van der Waals surface area contributed by atoms with Crippen LogP contribution in [0.15, 0.2) is 61.1 Å². The molecule has 1 aromatic heterocycles. The van der Waals surface area contributed by atoms with E-state index >= 15 is 0 Å². The van der Waals surface area contributed by atoms with Crippen LogP contribution < -0.4 is 14.8 Å². The maximum atomic E-state index is 13.2. The Balaban J connectivity index is 1.66. The van der Waals surface area contributed by atoms with E-state index in [-0.39, 0.29) is 18.2 Å². The molecule has 164 valence electrons. The molecular weight excluding hydrogens is 408 g/mol. The minimum Gasteiger partial charge on any atom is -0.493 e. The number of carbonyl (C=O) groups is 2. The third-order valence-electron chi connectivity index (χ3n) is 5.31. The van der Waals surface area contributed by atoms with E-state index in [2.05, 4.69) is 15.3 Å². The zero-order chi connectivity index (χ0) is 22.5. The summed E-state index contributed by atoms with van der Waals surface area (Å²) in [5, 5.41) is 2.76. The first kappa shape index (κ1) is 21.3. The SMILES string of the molecule is CCOc1ccc(C(CC(=O)Nc2cnccn2)N2Cc3ccccc3C2=O)cc1OC. The number of anilines is 1. The van der Waals surface area contributed by atoms with Gasteiger partial charge in [0.05, 0.1) is 32.4 Å². The average Bonchev–Trinajstić information content (AvgIpc) is 3.15. The molecule has 0 saturated heterocycles. The van der Waals surface area contributed by atoms with Crippen LogP contribution in [0.2, 0.25) is 0 Å². The maximum Gasteiger partial charge on any atom is 0.255 e. The third kappa shape index (κ3) is 4.39. The molecule has 1 unspecified atom stereocenters. The van der Waals surface area contributed by atoms with E-state index in [1.807, 2.05) is 43.3 Å². The first-order valence-electron chi connectivity index (χ1n) is 10.4. The van der Waals surface area contributed by atoms with Crippen molar-refractivity contribution in [3.8, 4) is 11.5 Å². The number of benzene rings is 2. The van der Waals surface area contributed by atoms with E-state index < -0.39 is 6.04 Å². The van der Waals surface area contributed by atoms with E-state index in [1.165, 1.54) is 18.6 Å². The average molecular weight is 432 g/mol. The van der Waals surface area contributed by atoms with Crippen LogP contribution in [0.3, 0.4) is 0 Å². The van der Waals surface area contributed by atoms with Crippen molar-refractivity contribution in [1.82, 2.24) is 14.9 Å². The second-order valence-corrected chi connectivity index (χ2v) is 7.29. The lowest BCUT2D eigenvalue weighted by Crippen LogP contribution is -2.32. The lowest BCUT2D eigenvalue weighted by atomic mass is 10.0. The second-order valence-electron chi connectivity index (χ2n) is 7.29. The number of fused-ring (bicyclic) bond motifs is 1. The molecule has 0 spiro atoms. The largest absolute Gasteiger partial charge is 0.493 e. The fourth-order valence-electron chi connectivity index (χ4n) is 3.84. The standard InChI is InChI=1S/C24H24N4O4/c1-3-32-20-9-8-16(12-21(20)31-2)19(13-23(29)27-22-14-25-10-11-26-22)28-15-17-6-4-5-7-18(17)24(28)30/h4-12,14,19H,3,13,15H2,1-2H3,(H,26,27,29). The lowest BCUT2D eigenvalue weighted by molar-refractivity contribution is -0.117. The summed E-state index contributed by atoms with van der Waals surface area (Å²) in [4.78, 5) is 35.9. The van der Waals surface area contributed by atoms with Crippen LogP contribution in [0.4, 0.5) is 5.82 Å². The molecule has 8 nitrogen and oxygen atoms in total. The summed E-state index contributed by atoms with van der Waals surface area (Å²) in [6.07, 6.45) is 4.56. The van der Waals surface area contributed by atoms with Gasteiger partial charge in [0.1, 0.15) is 0 Å². The summed E-state index contributed by atoms with van der Waals surface area (Å²) in [5.74, 6) is 1.14. The van der Waals surface area contributed by atoms with Crippen molar-refractivity contribution < 1.29 is 19.1 Å². The Bertz CT molecular complexity index is 1120. The molecule has 0 radical (unpaired) electrons. The molecule has 0 fully saturated rings. The highest BCUT2D eigenvalue weighted by molar-refractivity contribution is 5.99. The minimum atomic E-state index is -0.504. The molecule has 0 saturated carbocycles. The molecule has 2 amide bonds. The summed E-state index contributed by atoms with van der Waals surface area (Å²) >= 11 is 0. The number of nitrogens with one attached hydrogen (secondary N) is 1. The van der Waals surface area contributed by atoms with E-state index in [9.17, 15) is 9.59 Å². The quantitative estimate of drug-likeness (QED) is 0.585. The number of amides is 2. The summed E-state index contributed by atoms with van der Waals surface area (Å²) in [6, 6.07) is 12.5. The number of methoxy groups -OCH3 is 1. The molecule has 1 N–H and O–H groups in total. The van der Waals surface area contributed by atoms with Gasteiger partial charge >= 0.3 is 0 Å². The number of nitrogens with zero attached hydrogens (tertiary/aromatic N) is 3. The molecule has 0 bridgehead atoms. The molecule has 1 atom stereocenters. The van der Waals surface area contributed by atoms with Crippen molar-refractivity contribution in [2.24, 2.45) is 0 Å². The number of hydrogen-bond acceptors (Lipinski definition) is 6. The molecule has 3 aromatic rings. The van der Waals surface area contributed by atoms with E-state index in [1.54, 1.807) is 18.1 Å². The first-order valence-corrected chi connectivity index (χ1v) is 10.4. The second kappa shape index (κ2) is 9.47. The highest BCUT2D eigenvalue weighted by atomic mass is 16.5. The first-order chi connectivity index (χ1) is 15.6. The molecule has 4 rings (SSSR count). The molecule has 2 aromatic carbocycles. The van der Waals surface area contributed by atoms with Crippen LogP contribution in [0, 0.1) is 0 Å². The summed E-state index contributed by atoms with van der Waals surface area (Å²) in [7, 11) is 1.56. The van der Waals surface area contributed by atoms with Crippen LogP contribution in [-0.4, -0.2) is 40.4 Å². The molecule has 32 heavy (non-hydrogen) atoms. The van der Waals surface area contributed by atoms with Crippen molar-refractivity contribution >= 4 is 17.6 Å². The van der Waals surface area contributed by atoms with Crippen molar-refractivity contribution in [3.05, 3.63) is 77.7 Å². The third-order valence-corrected chi connectivity index (χ3v) is 5.31. The van der Waals surface area contributed by atoms with Crippen LogP contribution in [-0.2, 0) is 11.3 Å². The van der Waals surface area contributed by atoms with Crippen molar-refractivity contribution in [2.75, 3.05) is 19.0 Å². The zero-order valence-corrected chi connectivity index (χ0v) is 17.9. The summed E-state index contributed by atoms with van der Waals surface area (Å²) in [6.45, 7) is 2.82. The van der Waals surface area contributed by atoms with Gasteiger partial charge in [0, 0.05) is 24.5 Å². The van der Waals surface area contributed by atoms with E-state index in [0.29, 0.717) is 36.0 Å². The van der Waals surface area contributed by atoms with Crippen LogP contribution in [0.25, 0.3) is 0 Å². The monoisotopic (exact) mass is 432 g/mol. The van der Waals surface area contributed by atoms with Gasteiger partial charge < -0.3 is 19.7 Å². The van der Waals surface area contributed by atoms with Crippen molar-refractivity contribution in [2.45, 2.75) is 25.9 Å². The molecular formula is C24H24N4O4. The van der Waals surface area contributed by atoms with Gasteiger partial charge in [0.15, 0.2) is 17.3 Å². The molecule has 2 heterocycles. The topological polar surface area (TPSA) is 93.6 Å². The van der Waals surface area contributed by atoms with Gasteiger partial charge in [0.2, 0.25) is 5.91 Å². The van der Waals surface area contributed by atoms with Gasteiger partial charge in [-0.15, -0.1) is 0 Å². The fraction of sp³-hybridized carbons (Fsp3) is 0.250. The predicted octanol–water partition coefficient (Wildman–Crippen LogP) is 3.61. The Kier molecular flexibility index (Phi) is 6.30. The number of carbonyl (C=O) groups excluding carboxylic acids is 2. The smallest absolute Gasteiger partial charge is 0.255 e. The predicted molar refractivity (Wildman–Crippen MR) is 118 cm³/mol. The number of aromatic nitrogens is 2. The van der Waals surface area contributed by atoms with E-state index in [4.69, 9.17) is 9.47 Å². The highest BCUT2D eigenvalue weighted by Gasteiger charge is 2.35. The summed E-state index contributed by atoms with van der Waals surface area (Å²) < 4.78 is 11.1. The zero-order valence-electron chi connectivity index (χ0n) is 17.9. The number of rotatable bonds is 8. The van der Waals surface area contributed by atoms with Crippen LogP contribution in [0.1, 0.15) is 40.9 Å². The van der Waals surface area contributed by atoms with Crippen LogP contribution >= 0.6 is 0 Å². The molecule has 1 aliphatic heterocycles. The van der Waals surface area contributed by atoms with Gasteiger partial charge in [-0.1, -0.05) is 24.3 Å². The Morgan fingerprint density at radius 2 is 2.03 bits per heavy atom. The Labute approximate surface area is 186 Å². The Morgan fingerprint density at radius 3 is 2.75 bits per heavy atom. The Hall–Kier alpha value is -3.94. The fourth-order valence-corrected chi connectivity index (χ4v) is 3.84. The molecule has 0 aliphatic carbocycles. The minimum absolute atomic E-state index is 0.0490. The van der Waals surface area contributed by atoms with Gasteiger partial charge in [-0.2, -0.15) is 0 Å². The van der Waals surface area contributed by atoms with Gasteiger partial charge in [0.25, 0.3) is 5.91 Å². The molecule has 8 heteroatoms. The van der Waals surface area contributed by atoms with Gasteiger partial charge in [-0.05, 0) is 36.2 Å². The lowest BCUT2D eigenvalue weighted by Gasteiger charge is -2.28. The summed E-state index contributed by atoms with van der Waals surface area (Å²) in [5.41, 5.74) is 2.38. The van der Waals surface area contributed by atoms with E-state index in [0.717, 1.165) is 11.1 Å². The van der Waals surface area contributed by atoms with Crippen molar-refractivity contribution in [3.63, 3.8) is 0 Å². The normalized spacial score (nSPS) is 13.4. The highest BCUT2D eigenvalue weighted by Crippen LogP contribution is 2.37. The number of ether oxygens (including phenoxy) is 2. The Morgan fingerprint density at radius 1 is 1.19 bits per heavy atom.